The summed E-state index contributed by atoms with van der Waals surface area (Å²) < 4.78 is 10.4. The molecule has 0 saturated carbocycles. The van der Waals surface area contributed by atoms with Gasteiger partial charge in [0.25, 0.3) is 0 Å². The number of carbonyl (C=O) groups excluding carboxylic acids is 2. The molecule has 2 atom stereocenters. The van der Waals surface area contributed by atoms with Crippen LogP contribution in [0.1, 0.15) is 26.3 Å². The van der Waals surface area contributed by atoms with E-state index in [0.717, 1.165) is 24.9 Å². The van der Waals surface area contributed by atoms with Crippen molar-refractivity contribution < 1.29 is 23.8 Å². The molecule has 29 heavy (non-hydrogen) atoms. The topological polar surface area (TPSA) is 97.0 Å². The molecule has 1 aliphatic rings. The standard InChI is InChI=1S/C22H23NO6/c1-4-23(5-2)16-8-6-14-11-15(21(26)29-19(14)12-16)7-9-17(24)20-18(25)10-13(3)28-22(20)27/h6-12,20,22,27H,4-5H2,1-3H3/b9-7+. The Bertz CT molecular complexity index is 1060. The van der Waals surface area contributed by atoms with E-state index in [0.29, 0.717) is 11.0 Å². The van der Waals surface area contributed by atoms with Gasteiger partial charge in [-0.25, -0.2) is 4.79 Å². The van der Waals surface area contributed by atoms with Crippen LogP contribution in [0.15, 0.2) is 51.4 Å². The highest BCUT2D eigenvalue weighted by Crippen LogP contribution is 2.23. The minimum Gasteiger partial charge on any atom is -0.468 e. The molecule has 1 aromatic heterocycles. The number of hydrogen-bond acceptors (Lipinski definition) is 7. The van der Waals surface area contributed by atoms with Gasteiger partial charge in [0.2, 0.25) is 6.29 Å². The molecule has 1 aromatic carbocycles. The van der Waals surface area contributed by atoms with Crippen molar-refractivity contribution in [2.45, 2.75) is 27.1 Å². The number of aliphatic hydroxyl groups excluding tert-OH is 1. The van der Waals surface area contributed by atoms with Gasteiger partial charge in [-0.2, -0.15) is 0 Å². The first-order valence-corrected chi connectivity index (χ1v) is 9.45. The van der Waals surface area contributed by atoms with Crippen molar-refractivity contribution in [3.63, 3.8) is 0 Å². The van der Waals surface area contributed by atoms with Crippen molar-refractivity contribution in [3.8, 4) is 0 Å². The lowest BCUT2D eigenvalue weighted by molar-refractivity contribution is -0.154. The zero-order chi connectivity index (χ0) is 21.1. The second-order valence-electron chi connectivity index (χ2n) is 6.76. The maximum atomic E-state index is 12.3. The Kier molecular flexibility index (Phi) is 5.98. The van der Waals surface area contributed by atoms with Gasteiger partial charge in [-0.3, -0.25) is 9.59 Å². The molecule has 2 aromatic rings. The average molecular weight is 397 g/mol. The SMILES string of the molecule is CCN(CC)c1ccc2cc(/C=C/C(=O)C3C(=O)C=C(C)OC3O)c(=O)oc2c1. The third-order valence-electron chi connectivity index (χ3n) is 4.85. The number of ether oxygens (including phenoxy) is 1. The largest absolute Gasteiger partial charge is 0.468 e. The minimum absolute atomic E-state index is 0.173. The number of hydrogen-bond donors (Lipinski definition) is 1. The fourth-order valence-corrected chi connectivity index (χ4v) is 3.30. The zero-order valence-electron chi connectivity index (χ0n) is 16.5. The molecule has 2 heterocycles. The number of allylic oxidation sites excluding steroid dienone is 3. The number of benzene rings is 1. The van der Waals surface area contributed by atoms with Crippen LogP contribution in [0.3, 0.4) is 0 Å². The van der Waals surface area contributed by atoms with E-state index < -0.39 is 29.4 Å². The Morgan fingerprint density at radius 3 is 2.59 bits per heavy atom. The highest BCUT2D eigenvalue weighted by molar-refractivity contribution is 6.13. The van der Waals surface area contributed by atoms with Crippen molar-refractivity contribution in [1.82, 2.24) is 0 Å². The summed E-state index contributed by atoms with van der Waals surface area (Å²) in [5, 5.41) is 10.6. The molecule has 1 aliphatic heterocycles. The normalized spacial score (nSPS) is 19.3. The molecule has 7 nitrogen and oxygen atoms in total. The van der Waals surface area contributed by atoms with Gasteiger partial charge in [0.1, 0.15) is 17.3 Å². The first-order chi connectivity index (χ1) is 13.8. The van der Waals surface area contributed by atoms with Crippen LogP contribution in [0, 0.1) is 5.92 Å². The lowest BCUT2D eigenvalue weighted by Gasteiger charge is -2.24. The van der Waals surface area contributed by atoms with Crippen molar-refractivity contribution in [3.05, 3.63) is 58.2 Å². The molecule has 1 N–H and O–H groups in total. The maximum Gasteiger partial charge on any atom is 0.343 e. The highest BCUT2D eigenvalue weighted by atomic mass is 16.6. The van der Waals surface area contributed by atoms with Crippen LogP contribution in [-0.2, 0) is 14.3 Å². The van der Waals surface area contributed by atoms with Crippen LogP contribution < -0.4 is 10.5 Å². The lowest BCUT2D eigenvalue weighted by Crippen LogP contribution is -2.38. The fraction of sp³-hybridized carbons (Fsp3) is 0.318. The Labute approximate surface area is 167 Å². The van der Waals surface area contributed by atoms with Crippen molar-refractivity contribution >= 4 is 34.3 Å². The summed E-state index contributed by atoms with van der Waals surface area (Å²) in [6.45, 7) is 7.28. The van der Waals surface area contributed by atoms with Gasteiger partial charge in [0.15, 0.2) is 11.6 Å². The third-order valence-corrected chi connectivity index (χ3v) is 4.85. The Morgan fingerprint density at radius 1 is 1.21 bits per heavy atom. The number of rotatable bonds is 6. The minimum atomic E-state index is -1.55. The van der Waals surface area contributed by atoms with E-state index in [1.807, 2.05) is 32.0 Å². The van der Waals surface area contributed by atoms with Crippen LogP contribution in [-0.4, -0.2) is 36.1 Å². The average Bonchev–Trinajstić information content (AvgIpc) is 2.66. The molecule has 3 rings (SSSR count). The zero-order valence-corrected chi connectivity index (χ0v) is 16.5. The third kappa shape index (κ3) is 4.30. The van der Waals surface area contributed by atoms with E-state index in [-0.39, 0.29) is 11.3 Å². The summed E-state index contributed by atoms with van der Waals surface area (Å²) >= 11 is 0. The Balaban J connectivity index is 1.87. The number of fused-ring (bicyclic) bond motifs is 1. The van der Waals surface area contributed by atoms with Crippen LogP contribution in [0.2, 0.25) is 0 Å². The summed E-state index contributed by atoms with van der Waals surface area (Å²) in [7, 11) is 0. The summed E-state index contributed by atoms with van der Waals surface area (Å²) in [5.74, 6) is -2.29. The first kappa shape index (κ1) is 20.5. The van der Waals surface area contributed by atoms with Crippen LogP contribution >= 0.6 is 0 Å². The molecule has 0 aliphatic carbocycles. The predicted molar refractivity (Wildman–Crippen MR) is 109 cm³/mol. The van der Waals surface area contributed by atoms with Gasteiger partial charge < -0.3 is 19.2 Å². The van der Waals surface area contributed by atoms with E-state index in [2.05, 4.69) is 4.90 Å². The predicted octanol–water partition coefficient (Wildman–Crippen LogP) is 2.66. The molecule has 0 amide bonds. The molecule has 0 saturated heterocycles. The van der Waals surface area contributed by atoms with Gasteiger partial charge in [0, 0.05) is 36.3 Å². The summed E-state index contributed by atoms with van der Waals surface area (Å²) in [5.41, 5.74) is 0.986. The highest BCUT2D eigenvalue weighted by Gasteiger charge is 2.36. The molecule has 0 spiro atoms. The van der Waals surface area contributed by atoms with Gasteiger partial charge in [-0.15, -0.1) is 0 Å². The Morgan fingerprint density at radius 2 is 1.93 bits per heavy atom. The molecule has 152 valence electrons. The monoisotopic (exact) mass is 397 g/mol. The summed E-state index contributed by atoms with van der Waals surface area (Å²) in [6.07, 6.45) is 2.00. The Hall–Kier alpha value is -3.19. The second-order valence-corrected chi connectivity index (χ2v) is 6.76. The smallest absolute Gasteiger partial charge is 0.343 e. The van der Waals surface area contributed by atoms with Gasteiger partial charge in [-0.1, -0.05) is 0 Å². The number of ketones is 2. The van der Waals surface area contributed by atoms with E-state index in [1.54, 1.807) is 6.07 Å². The molecular formula is C22H23NO6. The van der Waals surface area contributed by atoms with Gasteiger partial charge in [-0.05, 0) is 51.1 Å². The van der Waals surface area contributed by atoms with E-state index >= 15 is 0 Å². The summed E-state index contributed by atoms with van der Waals surface area (Å²) in [6, 6.07) is 7.22. The van der Waals surface area contributed by atoms with Crippen molar-refractivity contribution in [2.24, 2.45) is 5.92 Å². The number of carbonyl (C=O) groups is 2. The number of aliphatic hydroxyl groups is 1. The van der Waals surface area contributed by atoms with Crippen LogP contribution in [0.5, 0.6) is 0 Å². The molecular weight excluding hydrogens is 374 g/mol. The maximum absolute atomic E-state index is 12.3. The fourth-order valence-electron chi connectivity index (χ4n) is 3.30. The lowest BCUT2D eigenvalue weighted by atomic mass is 9.95. The van der Waals surface area contributed by atoms with E-state index in [9.17, 15) is 19.5 Å². The molecule has 2 unspecified atom stereocenters. The van der Waals surface area contributed by atoms with Crippen molar-refractivity contribution in [2.75, 3.05) is 18.0 Å². The van der Waals surface area contributed by atoms with Crippen LogP contribution in [0.4, 0.5) is 5.69 Å². The first-order valence-electron chi connectivity index (χ1n) is 9.45. The summed E-state index contributed by atoms with van der Waals surface area (Å²) in [4.78, 5) is 38.8. The van der Waals surface area contributed by atoms with E-state index in [4.69, 9.17) is 9.15 Å². The molecule has 0 bridgehead atoms. The van der Waals surface area contributed by atoms with Crippen molar-refractivity contribution in [1.29, 1.82) is 0 Å². The second kappa shape index (κ2) is 8.45. The van der Waals surface area contributed by atoms with Gasteiger partial charge in [0.05, 0.1) is 5.56 Å². The molecule has 0 fully saturated rings. The number of nitrogens with zero attached hydrogens (tertiary/aromatic N) is 1. The molecule has 7 heteroatoms. The van der Waals surface area contributed by atoms with Gasteiger partial charge >= 0.3 is 5.63 Å². The molecule has 0 radical (unpaired) electrons. The number of anilines is 1. The van der Waals surface area contributed by atoms with E-state index in [1.165, 1.54) is 19.1 Å². The van der Waals surface area contributed by atoms with Crippen LogP contribution in [0.25, 0.3) is 17.0 Å². The quantitative estimate of drug-likeness (QED) is 0.455.